The molecular weight excluding hydrogens is 373 g/mol. The summed E-state index contributed by atoms with van der Waals surface area (Å²) >= 11 is 6.63. The molecule has 0 fully saturated rings. The highest BCUT2D eigenvalue weighted by Crippen LogP contribution is 2.39. The SMILES string of the molecule is CC1CCc2c(sc(NC(=S)NC(=O)c3ccc(F)cc3)c2C(N)=O)C1. The fourth-order valence-corrected chi connectivity index (χ4v) is 4.69. The molecule has 2 aromatic rings. The monoisotopic (exact) mass is 391 g/mol. The third kappa shape index (κ3) is 3.91. The Balaban J connectivity index is 1.76. The van der Waals surface area contributed by atoms with Crippen molar-refractivity contribution < 1.29 is 14.0 Å². The quantitative estimate of drug-likeness (QED) is 0.702. The maximum absolute atomic E-state index is 12.9. The van der Waals surface area contributed by atoms with Gasteiger partial charge in [0.15, 0.2) is 5.11 Å². The molecule has 4 N–H and O–H groups in total. The number of halogens is 1. The third-order valence-corrected chi connectivity index (χ3v) is 5.69. The van der Waals surface area contributed by atoms with Gasteiger partial charge in [-0.15, -0.1) is 11.3 Å². The minimum Gasteiger partial charge on any atom is -0.365 e. The Bertz CT molecular complexity index is 877. The van der Waals surface area contributed by atoms with Gasteiger partial charge in [0.1, 0.15) is 10.8 Å². The van der Waals surface area contributed by atoms with Crippen molar-refractivity contribution in [3.05, 3.63) is 51.7 Å². The minimum absolute atomic E-state index is 0.0634. The molecule has 0 spiro atoms. The zero-order chi connectivity index (χ0) is 18.8. The molecule has 0 radical (unpaired) electrons. The number of carbonyl (C=O) groups is 2. The van der Waals surface area contributed by atoms with Crippen LogP contribution in [0.2, 0.25) is 0 Å². The van der Waals surface area contributed by atoms with Crippen molar-refractivity contribution in [2.24, 2.45) is 11.7 Å². The summed E-state index contributed by atoms with van der Waals surface area (Å²) in [6, 6.07) is 5.14. The van der Waals surface area contributed by atoms with Crippen molar-refractivity contribution in [1.29, 1.82) is 0 Å². The van der Waals surface area contributed by atoms with E-state index in [1.807, 2.05) is 0 Å². The molecule has 1 aliphatic rings. The molecular formula is C18H18FN3O2S2. The second kappa shape index (κ2) is 7.51. The fraction of sp³-hybridized carbons (Fsp3) is 0.278. The lowest BCUT2D eigenvalue weighted by Crippen LogP contribution is -2.34. The first-order valence-electron chi connectivity index (χ1n) is 8.17. The number of benzene rings is 1. The van der Waals surface area contributed by atoms with Crippen molar-refractivity contribution in [2.75, 3.05) is 5.32 Å². The lowest BCUT2D eigenvalue weighted by Gasteiger charge is -2.18. The zero-order valence-corrected chi connectivity index (χ0v) is 15.7. The molecule has 5 nitrogen and oxygen atoms in total. The van der Waals surface area contributed by atoms with Crippen LogP contribution in [-0.4, -0.2) is 16.9 Å². The van der Waals surface area contributed by atoms with Crippen LogP contribution in [-0.2, 0) is 12.8 Å². The molecule has 136 valence electrons. The third-order valence-electron chi connectivity index (χ3n) is 4.32. The number of hydrogen-bond donors (Lipinski definition) is 3. The highest BCUT2D eigenvalue weighted by atomic mass is 32.1. The molecule has 1 aliphatic carbocycles. The van der Waals surface area contributed by atoms with Crippen LogP contribution >= 0.6 is 23.6 Å². The minimum atomic E-state index is -0.507. The fourth-order valence-electron chi connectivity index (χ4n) is 3.01. The van der Waals surface area contributed by atoms with Crippen LogP contribution in [0, 0.1) is 11.7 Å². The second-order valence-electron chi connectivity index (χ2n) is 6.34. The van der Waals surface area contributed by atoms with E-state index in [1.165, 1.54) is 35.6 Å². The Morgan fingerprint density at radius 3 is 2.65 bits per heavy atom. The predicted octanol–water partition coefficient (Wildman–Crippen LogP) is 3.24. The largest absolute Gasteiger partial charge is 0.365 e. The molecule has 0 aliphatic heterocycles. The van der Waals surface area contributed by atoms with Crippen LogP contribution in [0.4, 0.5) is 9.39 Å². The smallest absolute Gasteiger partial charge is 0.257 e. The van der Waals surface area contributed by atoms with Crippen LogP contribution in [0.3, 0.4) is 0 Å². The molecule has 1 atom stereocenters. The lowest BCUT2D eigenvalue weighted by atomic mass is 9.88. The number of amides is 2. The average molecular weight is 391 g/mol. The number of nitrogens with one attached hydrogen (secondary N) is 2. The van der Waals surface area contributed by atoms with E-state index in [2.05, 4.69) is 17.6 Å². The Labute approximate surface area is 159 Å². The first-order chi connectivity index (χ1) is 12.3. The Hall–Kier alpha value is -2.32. The first kappa shape index (κ1) is 18.5. The van der Waals surface area contributed by atoms with Crippen molar-refractivity contribution in [3.8, 4) is 0 Å². The molecule has 1 aromatic carbocycles. The van der Waals surface area contributed by atoms with Gasteiger partial charge in [-0.1, -0.05) is 6.92 Å². The van der Waals surface area contributed by atoms with Gasteiger partial charge in [-0.3, -0.25) is 14.9 Å². The summed E-state index contributed by atoms with van der Waals surface area (Å²) in [6.07, 6.45) is 2.72. The zero-order valence-electron chi connectivity index (χ0n) is 14.1. The van der Waals surface area contributed by atoms with E-state index in [0.717, 1.165) is 29.7 Å². The van der Waals surface area contributed by atoms with Crippen LogP contribution in [0.1, 0.15) is 44.5 Å². The van der Waals surface area contributed by atoms with Crippen molar-refractivity contribution >= 4 is 45.5 Å². The molecule has 1 aromatic heterocycles. The summed E-state index contributed by atoms with van der Waals surface area (Å²) in [7, 11) is 0. The van der Waals surface area contributed by atoms with E-state index in [0.29, 0.717) is 16.5 Å². The number of carbonyl (C=O) groups excluding carboxylic acids is 2. The van der Waals surface area contributed by atoms with Crippen LogP contribution in [0.15, 0.2) is 24.3 Å². The Morgan fingerprint density at radius 1 is 1.31 bits per heavy atom. The lowest BCUT2D eigenvalue weighted by molar-refractivity contribution is 0.0975. The van der Waals surface area contributed by atoms with E-state index in [-0.39, 0.29) is 10.7 Å². The summed E-state index contributed by atoms with van der Waals surface area (Å²) in [6.45, 7) is 2.17. The van der Waals surface area contributed by atoms with E-state index in [4.69, 9.17) is 18.0 Å². The molecule has 26 heavy (non-hydrogen) atoms. The van der Waals surface area contributed by atoms with Gasteiger partial charge in [-0.25, -0.2) is 4.39 Å². The maximum Gasteiger partial charge on any atom is 0.257 e. The van der Waals surface area contributed by atoms with Crippen molar-refractivity contribution in [3.63, 3.8) is 0 Å². The van der Waals surface area contributed by atoms with Gasteiger partial charge in [0.05, 0.1) is 5.56 Å². The average Bonchev–Trinajstić information content (AvgIpc) is 2.91. The van der Waals surface area contributed by atoms with Gasteiger partial charge >= 0.3 is 0 Å². The standard InChI is InChI=1S/C18H18FN3O2S2/c1-9-2-7-12-13(8-9)26-17(14(12)15(20)23)22-18(25)21-16(24)10-3-5-11(19)6-4-10/h3-6,9H,2,7-8H2,1H3,(H2,20,23)(H2,21,22,24,25). The second-order valence-corrected chi connectivity index (χ2v) is 7.85. The molecule has 1 unspecified atom stereocenters. The normalized spacial score (nSPS) is 15.8. The van der Waals surface area contributed by atoms with E-state index in [1.54, 1.807) is 0 Å². The first-order valence-corrected chi connectivity index (χ1v) is 9.40. The number of rotatable bonds is 3. The highest BCUT2D eigenvalue weighted by molar-refractivity contribution is 7.80. The van der Waals surface area contributed by atoms with Crippen LogP contribution in [0.25, 0.3) is 0 Å². The van der Waals surface area contributed by atoms with E-state index >= 15 is 0 Å². The molecule has 3 rings (SSSR count). The van der Waals surface area contributed by atoms with Gasteiger partial charge in [0.25, 0.3) is 11.8 Å². The molecule has 8 heteroatoms. The number of fused-ring (bicyclic) bond motifs is 1. The predicted molar refractivity (Wildman–Crippen MR) is 104 cm³/mol. The molecule has 0 saturated carbocycles. The number of nitrogens with two attached hydrogens (primary N) is 1. The number of anilines is 1. The summed E-state index contributed by atoms with van der Waals surface area (Å²) in [5, 5.41) is 6.07. The van der Waals surface area contributed by atoms with Crippen molar-refractivity contribution in [1.82, 2.24) is 5.32 Å². The Morgan fingerprint density at radius 2 is 2.00 bits per heavy atom. The van der Waals surface area contributed by atoms with Gasteiger partial charge in [0, 0.05) is 10.4 Å². The maximum atomic E-state index is 12.9. The Kier molecular flexibility index (Phi) is 5.33. The van der Waals surface area contributed by atoms with Gasteiger partial charge in [-0.2, -0.15) is 0 Å². The number of thiophene rings is 1. The summed E-state index contributed by atoms with van der Waals surface area (Å²) in [4.78, 5) is 25.2. The topological polar surface area (TPSA) is 84.2 Å². The molecule has 0 bridgehead atoms. The van der Waals surface area contributed by atoms with Gasteiger partial charge < -0.3 is 11.1 Å². The number of hydrogen-bond acceptors (Lipinski definition) is 4. The van der Waals surface area contributed by atoms with Crippen LogP contribution < -0.4 is 16.4 Å². The number of primary amides is 1. The van der Waals surface area contributed by atoms with Crippen LogP contribution in [0.5, 0.6) is 0 Å². The van der Waals surface area contributed by atoms with Gasteiger partial charge in [0.2, 0.25) is 0 Å². The highest BCUT2D eigenvalue weighted by Gasteiger charge is 2.27. The van der Waals surface area contributed by atoms with Gasteiger partial charge in [-0.05, 0) is 67.2 Å². The summed E-state index contributed by atoms with van der Waals surface area (Å²) < 4.78 is 12.9. The molecule has 1 heterocycles. The summed E-state index contributed by atoms with van der Waals surface area (Å²) in [5.74, 6) is -0.836. The molecule has 2 amide bonds. The van der Waals surface area contributed by atoms with Crippen molar-refractivity contribution in [2.45, 2.75) is 26.2 Å². The number of thiocarbonyl (C=S) groups is 1. The molecule has 0 saturated heterocycles. The summed E-state index contributed by atoms with van der Waals surface area (Å²) in [5.41, 5.74) is 7.28. The van der Waals surface area contributed by atoms with E-state index < -0.39 is 17.6 Å². The van der Waals surface area contributed by atoms with E-state index in [9.17, 15) is 14.0 Å².